The van der Waals surface area contributed by atoms with Gasteiger partial charge in [0, 0.05) is 5.02 Å². The molecule has 0 saturated carbocycles. The number of halogens is 1. The highest BCUT2D eigenvalue weighted by Crippen LogP contribution is 2.34. The van der Waals surface area contributed by atoms with Crippen molar-refractivity contribution in [1.82, 2.24) is 0 Å². The SMILES string of the molecule is CC1CNc2cc(-c3cccc(Cl)c3)ccc2O1. The smallest absolute Gasteiger partial charge is 0.142 e. The van der Waals surface area contributed by atoms with Crippen LogP contribution in [0.4, 0.5) is 5.69 Å². The van der Waals surface area contributed by atoms with Gasteiger partial charge in [0.25, 0.3) is 0 Å². The Morgan fingerprint density at radius 1 is 1.17 bits per heavy atom. The molecular weight excluding hydrogens is 246 g/mol. The molecule has 0 saturated heterocycles. The Kier molecular flexibility index (Phi) is 2.88. The van der Waals surface area contributed by atoms with Gasteiger partial charge in [0.05, 0.1) is 12.2 Å². The van der Waals surface area contributed by atoms with Crippen LogP contribution < -0.4 is 10.1 Å². The zero-order valence-electron chi connectivity index (χ0n) is 10.1. The van der Waals surface area contributed by atoms with Crippen LogP contribution in [0, 0.1) is 0 Å². The first-order valence-corrected chi connectivity index (χ1v) is 6.41. The van der Waals surface area contributed by atoms with Crippen LogP contribution in [0.5, 0.6) is 5.75 Å². The average Bonchev–Trinajstić information content (AvgIpc) is 2.38. The van der Waals surface area contributed by atoms with Crippen LogP contribution in [-0.2, 0) is 0 Å². The Hall–Kier alpha value is -1.67. The lowest BCUT2D eigenvalue weighted by atomic mass is 10.0. The molecule has 18 heavy (non-hydrogen) atoms. The molecule has 1 atom stereocenters. The summed E-state index contributed by atoms with van der Waals surface area (Å²) in [5.41, 5.74) is 3.30. The molecule has 1 aliphatic rings. The van der Waals surface area contributed by atoms with Crippen LogP contribution in [0.2, 0.25) is 5.02 Å². The average molecular weight is 260 g/mol. The third kappa shape index (κ3) is 2.16. The summed E-state index contributed by atoms with van der Waals surface area (Å²) in [7, 11) is 0. The second kappa shape index (κ2) is 4.54. The number of anilines is 1. The molecule has 3 rings (SSSR count). The van der Waals surface area contributed by atoms with Crippen molar-refractivity contribution in [2.75, 3.05) is 11.9 Å². The van der Waals surface area contributed by atoms with Gasteiger partial charge in [0.15, 0.2) is 0 Å². The standard InChI is InChI=1S/C15H14ClNO/c1-10-9-17-14-8-12(5-6-15(14)18-10)11-3-2-4-13(16)7-11/h2-8,10,17H,9H2,1H3. The van der Waals surface area contributed by atoms with Crippen molar-refractivity contribution in [1.29, 1.82) is 0 Å². The third-order valence-electron chi connectivity index (χ3n) is 3.05. The number of benzene rings is 2. The van der Waals surface area contributed by atoms with Crippen molar-refractivity contribution in [3.63, 3.8) is 0 Å². The van der Waals surface area contributed by atoms with Gasteiger partial charge in [-0.15, -0.1) is 0 Å². The maximum atomic E-state index is 6.02. The minimum Gasteiger partial charge on any atom is -0.487 e. The molecule has 0 radical (unpaired) electrons. The number of hydrogen-bond acceptors (Lipinski definition) is 2. The van der Waals surface area contributed by atoms with E-state index in [0.29, 0.717) is 0 Å². The Labute approximate surface area is 112 Å². The van der Waals surface area contributed by atoms with Crippen LogP contribution in [0.3, 0.4) is 0 Å². The van der Waals surface area contributed by atoms with Crippen molar-refractivity contribution < 1.29 is 4.74 Å². The Bertz CT molecular complexity index is 582. The lowest BCUT2D eigenvalue weighted by molar-refractivity contribution is 0.226. The molecule has 1 heterocycles. The monoisotopic (exact) mass is 259 g/mol. The fourth-order valence-corrected chi connectivity index (χ4v) is 2.32. The lowest BCUT2D eigenvalue weighted by Gasteiger charge is -2.25. The van der Waals surface area contributed by atoms with E-state index in [-0.39, 0.29) is 6.10 Å². The molecule has 0 aromatic heterocycles. The number of ether oxygens (including phenoxy) is 1. The number of fused-ring (bicyclic) bond motifs is 1. The molecule has 1 aliphatic heterocycles. The second-order valence-corrected chi connectivity index (χ2v) is 4.97. The molecule has 0 aliphatic carbocycles. The normalized spacial score (nSPS) is 17.6. The predicted octanol–water partition coefficient (Wildman–Crippen LogP) is 4.20. The van der Waals surface area contributed by atoms with E-state index in [1.165, 1.54) is 0 Å². The molecule has 92 valence electrons. The van der Waals surface area contributed by atoms with Crippen LogP contribution in [-0.4, -0.2) is 12.6 Å². The van der Waals surface area contributed by atoms with Crippen molar-refractivity contribution in [3.05, 3.63) is 47.5 Å². The van der Waals surface area contributed by atoms with Crippen LogP contribution >= 0.6 is 11.6 Å². The van der Waals surface area contributed by atoms with Crippen molar-refractivity contribution in [2.45, 2.75) is 13.0 Å². The molecule has 3 heteroatoms. The van der Waals surface area contributed by atoms with Crippen LogP contribution in [0.15, 0.2) is 42.5 Å². The highest BCUT2D eigenvalue weighted by molar-refractivity contribution is 6.30. The first-order valence-electron chi connectivity index (χ1n) is 6.03. The second-order valence-electron chi connectivity index (χ2n) is 4.53. The molecule has 0 amide bonds. The highest BCUT2D eigenvalue weighted by Gasteiger charge is 2.15. The van der Waals surface area contributed by atoms with Gasteiger partial charge in [-0.3, -0.25) is 0 Å². The van der Waals surface area contributed by atoms with E-state index in [1.54, 1.807) is 0 Å². The van der Waals surface area contributed by atoms with E-state index in [1.807, 2.05) is 24.3 Å². The van der Waals surface area contributed by atoms with Gasteiger partial charge in [0.1, 0.15) is 11.9 Å². The Morgan fingerprint density at radius 3 is 2.83 bits per heavy atom. The van der Waals surface area contributed by atoms with E-state index < -0.39 is 0 Å². The van der Waals surface area contributed by atoms with Crippen LogP contribution in [0.1, 0.15) is 6.92 Å². The summed E-state index contributed by atoms with van der Waals surface area (Å²) in [6, 6.07) is 14.0. The van der Waals surface area contributed by atoms with Gasteiger partial charge in [-0.05, 0) is 42.3 Å². The molecule has 0 bridgehead atoms. The quantitative estimate of drug-likeness (QED) is 0.829. The molecular formula is C15H14ClNO. The van der Waals surface area contributed by atoms with Crippen molar-refractivity contribution >= 4 is 17.3 Å². The van der Waals surface area contributed by atoms with Crippen molar-refractivity contribution in [3.8, 4) is 16.9 Å². The van der Waals surface area contributed by atoms with E-state index in [4.69, 9.17) is 16.3 Å². The highest BCUT2D eigenvalue weighted by atomic mass is 35.5. The summed E-state index contributed by atoms with van der Waals surface area (Å²) < 4.78 is 5.76. The molecule has 0 fully saturated rings. The molecule has 1 N–H and O–H groups in total. The number of rotatable bonds is 1. The summed E-state index contributed by atoms with van der Waals surface area (Å²) in [5, 5.41) is 4.13. The minimum atomic E-state index is 0.217. The fourth-order valence-electron chi connectivity index (χ4n) is 2.13. The van der Waals surface area contributed by atoms with E-state index >= 15 is 0 Å². The molecule has 2 aromatic carbocycles. The summed E-state index contributed by atoms with van der Waals surface area (Å²) in [6.45, 7) is 2.90. The van der Waals surface area contributed by atoms with Gasteiger partial charge in [0.2, 0.25) is 0 Å². The molecule has 2 nitrogen and oxygen atoms in total. The summed E-state index contributed by atoms with van der Waals surface area (Å²) in [4.78, 5) is 0. The summed E-state index contributed by atoms with van der Waals surface area (Å²) in [5.74, 6) is 0.916. The van der Waals surface area contributed by atoms with Gasteiger partial charge < -0.3 is 10.1 Å². The minimum absolute atomic E-state index is 0.217. The zero-order chi connectivity index (χ0) is 12.5. The Balaban J connectivity index is 2.00. The van der Waals surface area contributed by atoms with Gasteiger partial charge in [-0.25, -0.2) is 0 Å². The van der Waals surface area contributed by atoms with Gasteiger partial charge in [-0.1, -0.05) is 29.8 Å². The first kappa shape index (κ1) is 11.4. The largest absolute Gasteiger partial charge is 0.487 e. The van der Waals surface area contributed by atoms with Gasteiger partial charge >= 0.3 is 0 Å². The molecule has 0 spiro atoms. The fraction of sp³-hybridized carbons (Fsp3) is 0.200. The van der Waals surface area contributed by atoms with Crippen LogP contribution in [0.25, 0.3) is 11.1 Å². The predicted molar refractivity (Wildman–Crippen MR) is 75.5 cm³/mol. The maximum Gasteiger partial charge on any atom is 0.142 e. The lowest BCUT2D eigenvalue weighted by Crippen LogP contribution is -2.27. The first-order chi connectivity index (χ1) is 8.72. The molecule has 2 aromatic rings. The number of nitrogens with one attached hydrogen (secondary N) is 1. The number of hydrogen-bond donors (Lipinski definition) is 1. The third-order valence-corrected chi connectivity index (χ3v) is 3.28. The maximum absolute atomic E-state index is 6.02. The Morgan fingerprint density at radius 2 is 2.00 bits per heavy atom. The molecule has 1 unspecified atom stereocenters. The van der Waals surface area contributed by atoms with E-state index in [9.17, 15) is 0 Å². The zero-order valence-corrected chi connectivity index (χ0v) is 10.9. The van der Waals surface area contributed by atoms with E-state index in [0.717, 1.165) is 34.1 Å². The summed E-state index contributed by atoms with van der Waals surface area (Å²) in [6.07, 6.45) is 0.217. The topological polar surface area (TPSA) is 21.3 Å². The van der Waals surface area contributed by atoms with Gasteiger partial charge in [-0.2, -0.15) is 0 Å². The van der Waals surface area contributed by atoms with Crippen molar-refractivity contribution in [2.24, 2.45) is 0 Å². The van der Waals surface area contributed by atoms with E-state index in [2.05, 4.69) is 30.4 Å². The summed E-state index contributed by atoms with van der Waals surface area (Å²) >= 11 is 6.02.